The Kier molecular flexibility index (Phi) is 5.92. The summed E-state index contributed by atoms with van der Waals surface area (Å²) >= 11 is 6.18. The third-order valence-electron chi connectivity index (χ3n) is 5.46. The van der Waals surface area contributed by atoms with Gasteiger partial charge in [-0.05, 0) is 24.1 Å². The molecule has 1 atom stereocenters. The molecule has 0 radical (unpaired) electrons. The smallest absolute Gasteiger partial charge is 0.325 e. The number of halogens is 2. The van der Waals surface area contributed by atoms with E-state index in [9.17, 15) is 18.8 Å². The van der Waals surface area contributed by atoms with E-state index in [4.69, 9.17) is 21.1 Å². The van der Waals surface area contributed by atoms with Crippen molar-refractivity contribution in [2.75, 3.05) is 18.7 Å². The quantitative estimate of drug-likeness (QED) is 0.611. The van der Waals surface area contributed by atoms with Crippen molar-refractivity contribution < 1.29 is 28.2 Å². The van der Waals surface area contributed by atoms with Gasteiger partial charge in [-0.1, -0.05) is 43.5 Å². The van der Waals surface area contributed by atoms with Crippen molar-refractivity contribution in [1.29, 1.82) is 0 Å². The van der Waals surface area contributed by atoms with Crippen LogP contribution in [0, 0.1) is 5.82 Å². The van der Waals surface area contributed by atoms with Crippen LogP contribution in [-0.4, -0.2) is 36.1 Å². The van der Waals surface area contributed by atoms with Crippen molar-refractivity contribution in [3.63, 3.8) is 0 Å². The zero-order valence-corrected chi connectivity index (χ0v) is 18.0. The number of anilines is 1. The van der Waals surface area contributed by atoms with Gasteiger partial charge in [-0.25, -0.2) is 9.18 Å². The Hall–Kier alpha value is -3.33. The summed E-state index contributed by atoms with van der Waals surface area (Å²) in [4.78, 5) is 39.5. The normalized spacial score (nSPS) is 19.3. The van der Waals surface area contributed by atoms with Crippen LogP contribution >= 0.6 is 11.6 Å². The fourth-order valence-corrected chi connectivity index (χ4v) is 4.00. The first-order valence-corrected chi connectivity index (χ1v) is 10.5. The second-order valence-corrected chi connectivity index (χ2v) is 7.98. The zero-order valence-electron chi connectivity index (χ0n) is 17.2. The van der Waals surface area contributed by atoms with Gasteiger partial charge in [0, 0.05) is 12.1 Å². The van der Waals surface area contributed by atoms with Crippen LogP contribution in [0.5, 0.6) is 11.5 Å². The van der Waals surface area contributed by atoms with E-state index in [0.717, 1.165) is 11.3 Å². The maximum Gasteiger partial charge on any atom is 0.325 e. The Balaban J connectivity index is 1.54. The standard InChI is InChI=1S/C22H21ClFN3O5/c1-2-3-8-22(13-4-6-14(24)7-5-13)20(29)27(21(30)26-22)11-19(28)25-16-10-18-17(9-15(16)23)31-12-32-18/h4-7,9-10H,2-3,8,11-12H2,1H3,(H,25,28)(H,26,30). The molecule has 4 rings (SSSR count). The van der Waals surface area contributed by atoms with Crippen molar-refractivity contribution in [3.05, 3.63) is 52.8 Å². The fourth-order valence-electron chi connectivity index (χ4n) is 3.80. The largest absolute Gasteiger partial charge is 0.454 e. The number of unbranched alkanes of at least 4 members (excludes halogenated alkanes) is 1. The highest BCUT2D eigenvalue weighted by molar-refractivity contribution is 6.34. The van der Waals surface area contributed by atoms with E-state index in [1.54, 1.807) is 0 Å². The summed E-state index contributed by atoms with van der Waals surface area (Å²) in [7, 11) is 0. The Bertz CT molecular complexity index is 1080. The second-order valence-electron chi connectivity index (χ2n) is 7.57. The first-order valence-electron chi connectivity index (χ1n) is 10.1. The Morgan fingerprint density at radius 1 is 1.22 bits per heavy atom. The maximum absolute atomic E-state index is 13.4. The van der Waals surface area contributed by atoms with Gasteiger partial charge in [-0.3, -0.25) is 14.5 Å². The lowest BCUT2D eigenvalue weighted by molar-refractivity contribution is -0.134. The summed E-state index contributed by atoms with van der Waals surface area (Å²) in [6.07, 6.45) is 1.76. The molecule has 168 valence electrons. The minimum atomic E-state index is -1.35. The highest BCUT2D eigenvalue weighted by atomic mass is 35.5. The van der Waals surface area contributed by atoms with Crippen LogP contribution in [0.25, 0.3) is 0 Å². The molecule has 2 aliphatic rings. The fraction of sp³-hybridized carbons (Fsp3) is 0.318. The minimum Gasteiger partial charge on any atom is -0.454 e. The van der Waals surface area contributed by atoms with E-state index in [1.807, 2.05) is 6.92 Å². The molecular formula is C22H21ClFN3O5. The van der Waals surface area contributed by atoms with Gasteiger partial charge < -0.3 is 20.1 Å². The van der Waals surface area contributed by atoms with E-state index in [-0.39, 0.29) is 17.5 Å². The summed E-state index contributed by atoms with van der Waals surface area (Å²) in [5.41, 5.74) is -0.617. The van der Waals surface area contributed by atoms with Crippen LogP contribution in [-0.2, 0) is 15.1 Å². The molecule has 0 aliphatic carbocycles. The Morgan fingerprint density at radius 2 is 1.91 bits per heavy atom. The van der Waals surface area contributed by atoms with Gasteiger partial charge in [0.05, 0.1) is 10.7 Å². The lowest BCUT2D eigenvalue weighted by atomic mass is 9.85. The molecule has 10 heteroatoms. The molecule has 2 N–H and O–H groups in total. The average molecular weight is 462 g/mol. The molecule has 2 aromatic carbocycles. The number of carbonyl (C=O) groups is 3. The molecule has 0 saturated carbocycles. The number of carbonyl (C=O) groups excluding carboxylic acids is 3. The number of fused-ring (bicyclic) bond motifs is 1. The van der Waals surface area contributed by atoms with Gasteiger partial charge in [0.15, 0.2) is 11.5 Å². The molecule has 1 fully saturated rings. The number of hydrogen-bond donors (Lipinski definition) is 2. The molecular weight excluding hydrogens is 441 g/mol. The van der Waals surface area contributed by atoms with E-state index in [0.29, 0.717) is 29.9 Å². The monoisotopic (exact) mass is 461 g/mol. The number of imide groups is 1. The number of urea groups is 1. The third-order valence-corrected chi connectivity index (χ3v) is 5.77. The van der Waals surface area contributed by atoms with Crippen LogP contribution in [0.1, 0.15) is 31.7 Å². The van der Waals surface area contributed by atoms with E-state index >= 15 is 0 Å². The van der Waals surface area contributed by atoms with E-state index in [2.05, 4.69) is 10.6 Å². The molecule has 1 unspecified atom stereocenters. The van der Waals surface area contributed by atoms with Crippen molar-refractivity contribution in [3.8, 4) is 11.5 Å². The van der Waals surface area contributed by atoms with Gasteiger partial charge >= 0.3 is 6.03 Å². The maximum atomic E-state index is 13.4. The van der Waals surface area contributed by atoms with Gasteiger partial charge in [0.1, 0.15) is 17.9 Å². The third kappa shape index (κ3) is 3.95. The molecule has 32 heavy (non-hydrogen) atoms. The molecule has 0 spiro atoms. The van der Waals surface area contributed by atoms with Gasteiger partial charge in [0.25, 0.3) is 5.91 Å². The highest BCUT2D eigenvalue weighted by Gasteiger charge is 2.52. The summed E-state index contributed by atoms with van der Waals surface area (Å²) < 4.78 is 23.9. The minimum absolute atomic E-state index is 0.0503. The van der Waals surface area contributed by atoms with Crippen LogP contribution in [0.15, 0.2) is 36.4 Å². The molecule has 4 amide bonds. The van der Waals surface area contributed by atoms with Crippen molar-refractivity contribution in [2.45, 2.75) is 31.7 Å². The average Bonchev–Trinajstić information content (AvgIpc) is 3.31. The van der Waals surface area contributed by atoms with Gasteiger partial charge in [-0.15, -0.1) is 0 Å². The molecule has 0 aromatic heterocycles. The zero-order chi connectivity index (χ0) is 22.9. The SMILES string of the molecule is CCCCC1(c2ccc(F)cc2)NC(=O)N(CC(=O)Nc2cc3c(cc2Cl)OCO3)C1=O. The number of benzene rings is 2. The molecule has 0 bridgehead atoms. The number of hydrogen-bond acceptors (Lipinski definition) is 5. The summed E-state index contributed by atoms with van der Waals surface area (Å²) in [6, 6.07) is 7.75. The van der Waals surface area contributed by atoms with Crippen molar-refractivity contribution in [2.24, 2.45) is 0 Å². The molecule has 2 aromatic rings. The number of amides is 4. The number of nitrogens with one attached hydrogen (secondary N) is 2. The molecule has 8 nitrogen and oxygen atoms in total. The van der Waals surface area contributed by atoms with Crippen LogP contribution in [0.4, 0.5) is 14.9 Å². The van der Waals surface area contributed by atoms with Gasteiger partial charge in [-0.2, -0.15) is 0 Å². The van der Waals surface area contributed by atoms with Crippen molar-refractivity contribution >= 4 is 35.1 Å². The number of nitrogens with zero attached hydrogens (tertiary/aromatic N) is 1. The summed E-state index contributed by atoms with van der Waals surface area (Å²) in [5, 5.41) is 5.55. The number of rotatable bonds is 7. The van der Waals surface area contributed by atoms with E-state index < -0.39 is 35.7 Å². The number of ether oxygens (including phenoxy) is 2. The first kappa shape index (κ1) is 21.9. The molecule has 1 saturated heterocycles. The lowest BCUT2D eigenvalue weighted by Gasteiger charge is -2.27. The highest BCUT2D eigenvalue weighted by Crippen LogP contribution is 2.39. The van der Waals surface area contributed by atoms with Gasteiger partial charge in [0.2, 0.25) is 12.7 Å². The van der Waals surface area contributed by atoms with Crippen molar-refractivity contribution in [1.82, 2.24) is 10.2 Å². The predicted molar refractivity (Wildman–Crippen MR) is 114 cm³/mol. The topological polar surface area (TPSA) is 97.0 Å². The summed E-state index contributed by atoms with van der Waals surface area (Å²) in [6.45, 7) is 1.50. The predicted octanol–water partition coefficient (Wildman–Crippen LogP) is 3.78. The van der Waals surface area contributed by atoms with Crippen LogP contribution in [0.3, 0.4) is 0 Å². The molecule has 2 heterocycles. The first-order chi connectivity index (χ1) is 15.3. The molecule has 2 aliphatic heterocycles. The van der Waals surface area contributed by atoms with Crippen LogP contribution in [0.2, 0.25) is 5.02 Å². The van der Waals surface area contributed by atoms with E-state index in [1.165, 1.54) is 36.4 Å². The lowest BCUT2D eigenvalue weighted by Crippen LogP contribution is -2.44. The Labute approximate surface area is 188 Å². The summed E-state index contributed by atoms with van der Waals surface area (Å²) in [5.74, 6) is -0.737. The van der Waals surface area contributed by atoms with Crippen LogP contribution < -0.4 is 20.1 Å². The second kappa shape index (κ2) is 8.66. The Morgan fingerprint density at radius 3 is 2.59 bits per heavy atom.